The smallest absolute Gasteiger partial charge is 0.236 e. The zero-order chi connectivity index (χ0) is 22.0. The van der Waals surface area contributed by atoms with Crippen molar-refractivity contribution < 1.29 is 17.6 Å². The van der Waals surface area contributed by atoms with Crippen LogP contribution in [-0.2, 0) is 16.3 Å². The highest BCUT2D eigenvalue weighted by Gasteiger charge is 2.32. The van der Waals surface area contributed by atoms with Crippen LogP contribution in [0.4, 0.5) is 5.88 Å². The second-order valence-corrected chi connectivity index (χ2v) is 9.89. The van der Waals surface area contributed by atoms with Gasteiger partial charge in [0.2, 0.25) is 26.6 Å². The fourth-order valence-electron chi connectivity index (χ4n) is 3.76. The minimum Gasteiger partial charge on any atom is -0.497 e. The third-order valence-electron chi connectivity index (χ3n) is 5.88. The lowest BCUT2D eigenvalue weighted by Crippen LogP contribution is -2.33. The van der Waals surface area contributed by atoms with E-state index < -0.39 is 9.84 Å². The largest absolute Gasteiger partial charge is 0.497 e. The lowest BCUT2D eigenvalue weighted by molar-refractivity contribution is 0.414. The third kappa shape index (κ3) is 4.32. The monoisotopic (exact) mass is 440 g/mol. The van der Waals surface area contributed by atoms with Crippen molar-refractivity contribution in [2.24, 2.45) is 5.92 Å². The number of methoxy groups -OCH3 is 1. The summed E-state index contributed by atoms with van der Waals surface area (Å²) in [5, 5.41) is -0.0166. The molecule has 164 valence electrons. The first-order chi connectivity index (χ1) is 14.9. The Labute approximate surface area is 183 Å². The van der Waals surface area contributed by atoms with E-state index in [1.807, 2.05) is 36.1 Å². The minimum atomic E-state index is -3.83. The Morgan fingerprint density at radius 1 is 1.06 bits per heavy atom. The van der Waals surface area contributed by atoms with Crippen molar-refractivity contribution in [3.05, 3.63) is 54.1 Å². The molecule has 1 fully saturated rings. The maximum atomic E-state index is 13.5. The van der Waals surface area contributed by atoms with Crippen LogP contribution in [0, 0.1) is 5.92 Å². The summed E-state index contributed by atoms with van der Waals surface area (Å²) in [6.07, 6.45) is 2.83. The van der Waals surface area contributed by atoms with Crippen molar-refractivity contribution >= 4 is 15.7 Å². The molecule has 0 radical (unpaired) electrons. The summed E-state index contributed by atoms with van der Waals surface area (Å²) in [5.74, 6) is 1.95. The summed E-state index contributed by atoms with van der Waals surface area (Å²) in [7, 11) is -2.23. The Morgan fingerprint density at radius 3 is 2.29 bits per heavy atom. The van der Waals surface area contributed by atoms with Gasteiger partial charge in [0.15, 0.2) is 0 Å². The number of benzene rings is 2. The van der Waals surface area contributed by atoms with Gasteiger partial charge in [0.25, 0.3) is 0 Å². The fraction of sp³-hybridized carbons (Fsp3) is 0.375. The molecule has 0 amide bonds. The Balaban J connectivity index is 1.79. The van der Waals surface area contributed by atoms with E-state index in [-0.39, 0.29) is 9.92 Å². The molecule has 3 aromatic rings. The van der Waals surface area contributed by atoms with Crippen LogP contribution in [0.25, 0.3) is 11.5 Å². The van der Waals surface area contributed by atoms with E-state index in [0.29, 0.717) is 29.0 Å². The summed E-state index contributed by atoms with van der Waals surface area (Å²) in [6.45, 7) is 5.75. The molecule has 1 saturated heterocycles. The Kier molecular flexibility index (Phi) is 6.05. The van der Waals surface area contributed by atoms with Gasteiger partial charge in [-0.25, -0.2) is 8.42 Å². The molecule has 1 aliphatic rings. The van der Waals surface area contributed by atoms with Crippen LogP contribution in [0.5, 0.6) is 5.75 Å². The van der Waals surface area contributed by atoms with Gasteiger partial charge < -0.3 is 14.1 Å². The number of nitrogens with zero attached hydrogens (tertiary/aromatic N) is 2. The number of aromatic nitrogens is 1. The number of hydrogen-bond donors (Lipinski definition) is 0. The zero-order valence-electron chi connectivity index (χ0n) is 18.2. The molecule has 2 aromatic carbocycles. The molecule has 1 aliphatic heterocycles. The van der Waals surface area contributed by atoms with Gasteiger partial charge in [0.1, 0.15) is 5.75 Å². The predicted molar refractivity (Wildman–Crippen MR) is 120 cm³/mol. The number of piperidine rings is 1. The zero-order valence-corrected chi connectivity index (χ0v) is 19.0. The molecule has 0 unspecified atom stereocenters. The maximum absolute atomic E-state index is 13.5. The van der Waals surface area contributed by atoms with Crippen molar-refractivity contribution in [2.75, 3.05) is 25.1 Å². The van der Waals surface area contributed by atoms with E-state index >= 15 is 0 Å². The lowest BCUT2D eigenvalue weighted by atomic mass is 9.99. The van der Waals surface area contributed by atoms with Crippen molar-refractivity contribution in [1.82, 2.24) is 4.98 Å². The molecule has 7 heteroatoms. The molecule has 0 aliphatic carbocycles. The first-order valence-electron chi connectivity index (χ1n) is 10.7. The second-order valence-electron chi connectivity index (χ2n) is 8.03. The summed E-state index contributed by atoms with van der Waals surface area (Å²) in [6, 6.07) is 14.2. The highest BCUT2D eigenvalue weighted by molar-refractivity contribution is 7.91. The first-order valence-corrected chi connectivity index (χ1v) is 12.1. The molecule has 0 spiro atoms. The van der Waals surface area contributed by atoms with E-state index in [1.54, 1.807) is 31.4 Å². The molecule has 4 rings (SSSR count). The van der Waals surface area contributed by atoms with Crippen molar-refractivity contribution in [3.63, 3.8) is 0 Å². The SMILES string of the molecule is CCc1ccc(S(=O)(=O)c2nc(-c3ccc(OC)cc3)oc2N2CCC(C)CC2)cc1. The average Bonchev–Trinajstić information content (AvgIpc) is 3.26. The van der Waals surface area contributed by atoms with Crippen LogP contribution in [0.1, 0.15) is 32.3 Å². The number of sulfone groups is 1. The average molecular weight is 441 g/mol. The Bertz CT molecular complexity index is 1130. The molecule has 6 nitrogen and oxygen atoms in total. The van der Waals surface area contributed by atoms with Crippen LogP contribution in [0.3, 0.4) is 0 Å². The summed E-state index contributed by atoms with van der Waals surface area (Å²) in [5.41, 5.74) is 1.79. The van der Waals surface area contributed by atoms with Crippen molar-refractivity contribution in [2.45, 2.75) is 43.0 Å². The van der Waals surface area contributed by atoms with Crippen molar-refractivity contribution in [3.8, 4) is 17.2 Å². The lowest BCUT2D eigenvalue weighted by Gasteiger charge is -2.30. The quantitative estimate of drug-likeness (QED) is 0.538. The van der Waals surface area contributed by atoms with E-state index in [0.717, 1.165) is 37.9 Å². The Morgan fingerprint density at radius 2 is 1.71 bits per heavy atom. The summed E-state index contributed by atoms with van der Waals surface area (Å²) >= 11 is 0. The van der Waals surface area contributed by atoms with Crippen LogP contribution in [0.15, 0.2) is 62.9 Å². The number of oxazole rings is 1. The summed E-state index contributed by atoms with van der Waals surface area (Å²) < 4.78 is 38.4. The Hall–Kier alpha value is -2.80. The molecular formula is C24H28N2O4S. The number of aryl methyl sites for hydroxylation is 1. The van der Waals surface area contributed by atoms with Gasteiger partial charge in [-0.15, -0.1) is 0 Å². The number of anilines is 1. The van der Waals surface area contributed by atoms with E-state index in [2.05, 4.69) is 11.9 Å². The van der Waals surface area contributed by atoms with Crippen LogP contribution >= 0.6 is 0 Å². The molecule has 0 atom stereocenters. The minimum absolute atomic E-state index is 0.0166. The third-order valence-corrected chi connectivity index (χ3v) is 7.55. The van der Waals surface area contributed by atoms with E-state index in [9.17, 15) is 8.42 Å². The number of rotatable bonds is 6. The van der Waals surface area contributed by atoms with Gasteiger partial charge in [-0.1, -0.05) is 26.0 Å². The van der Waals surface area contributed by atoms with Gasteiger partial charge in [-0.05, 0) is 67.1 Å². The van der Waals surface area contributed by atoms with Gasteiger partial charge in [-0.2, -0.15) is 4.98 Å². The predicted octanol–water partition coefficient (Wildman–Crippen LogP) is 4.98. The molecule has 1 aromatic heterocycles. The van der Waals surface area contributed by atoms with Crippen molar-refractivity contribution in [1.29, 1.82) is 0 Å². The standard InChI is InChI=1S/C24H28N2O4S/c1-4-18-5-11-21(12-6-18)31(27,28)23-24(26-15-13-17(2)14-16-26)30-22(25-23)19-7-9-20(29-3)10-8-19/h5-12,17H,4,13-16H2,1-3H3. The topological polar surface area (TPSA) is 72.6 Å². The van der Waals surface area contributed by atoms with Gasteiger partial charge in [0, 0.05) is 18.7 Å². The van der Waals surface area contributed by atoms with Gasteiger partial charge in [-0.3, -0.25) is 0 Å². The van der Waals surface area contributed by atoms with Gasteiger partial charge in [0.05, 0.1) is 12.0 Å². The normalized spacial score (nSPS) is 15.3. The van der Waals surface area contributed by atoms with Gasteiger partial charge >= 0.3 is 0 Å². The highest BCUT2D eigenvalue weighted by atomic mass is 32.2. The first kappa shape index (κ1) is 21.4. The second kappa shape index (κ2) is 8.75. The molecule has 0 saturated carbocycles. The van der Waals surface area contributed by atoms with E-state index in [4.69, 9.17) is 9.15 Å². The highest BCUT2D eigenvalue weighted by Crippen LogP contribution is 2.36. The molecular weight excluding hydrogens is 412 g/mol. The van der Waals surface area contributed by atoms with Crippen LogP contribution in [-0.4, -0.2) is 33.6 Å². The number of hydrogen-bond acceptors (Lipinski definition) is 6. The van der Waals surface area contributed by atoms with Crippen LogP contribution in [0.2, 0.25) is 0 Å². The molecule has 2 heterocycles. The van der Waals surface area contributed by atoms with E-state index in [1.165, 1.54) is 0 Å². The van der Waals surface area contributed by atoms with Crippen LogP contribution < -0.4 is 9.64 Å². The molecule has 31 heavy (non-hydrogen) atoms. The maximum Gasteiger partial charge on any atom is 0.236 e. The molecule has 0 N–H and O–H groups in total. The summed E-state index contributed by atoms with van der Waals surface area (Å²) in [4.78, 5) is 6.72. The fourth-order valence-corrected chi connectivity index (χ4v) is 5.08. The molecule has 0 bridgehead atoms. The number of ether oxygens (including phenoxy) is 1.